The normalized spacial score (nSPS) is 11.4. The van der Waals surface area contributed by atoms with Crippen LogP contribution in [0.25, 0.3) is 0 Å². The molecule has 0 bridgehead atoms. The summed E-state index contributed by atoms with van der Waals surface area (Å²) in [6.07, 6.45) is 0. The second kappa shape index (κ2) is 9.38. The maximum atomic E-state index is 10.6. The van der Waals surface area contributed by atoms with E-state index >= 15 is 0 Å². The van der Waals surface area contributed by atoms with Gasteiger partial charge in [-0.2, -0.15) is 0 Å². The first-order chi connectivity index (χ1) is 12.3. The van der Waals surface area contributed by atoms with Gasteiger partial charge in [0.2, 0.25) is 0 Å². The van der Waals surface area contributed by atoms with Gasteiger partial charge in [0.05, 0.1) is 0 Å². The molecule has 0 aliphatic heterocycles. The zero-order valence-corrected chi connectivity index (χ0v) is 17.4. The summed E-state index contributed by atoms with van der Waals surface area (Å²) in [5.41, 5.74) is 2.51. The van der Waals surface area contributed by atoms with Gasteiger partial charge < -0.3 is 9.84 Å². The number of benzene rings is 2. The molecule has 2 aromatic carbocycles. The zero-order valence-electron chi connectivity index (χ0n) is 15.7. The van der Waals surface area contributed by atoms with Crippen LogP contribution in [0.5, 0.6) is 5.75 Å². The fourth-order valence-electron chi connectivity index (χ4n) is 2.38. The van der Waals surface area contributed by atoms with Crippen LogP contribution in [0.4, 0.5) is 0 Å². The molecule has 0 aliphatic rings. The topological polar surface area (TPSA) is 46.5 Å². The number of ether oxygens (including phenoxy) is 1. The zero-order chi connectivity index (χ0) is 19.2. The van der Waals surface area contributed by atoms with E-state index in [0.717, 1.165) is 17.1 Å². The Labute approximate surface area is 164 Å². The van der Waals surface area contributed by atoms with Gasteiger partial charge in [0.1, 0.15) is 5.75 Å². The predicted octanol–water partition coefficient (Wildman–Crippen LogP) is 5.64. The quantitative estimate of drug-likeness (QED) is 0.467. The van der Waals surface area contributed by atoms with Crippen LogP contribution < -0.4 is 4.74 Å². The minimum atomic E-state index is -0.963. The molecule has 0 atom stereocenters. The van der Waals surface area contributed by atoms with Crippen molar-refractivity contribution >= 4 is 29.5 Å². The molecule has 5 heteroatoms. The van der Waals surface area contributed by atoms with Crippen molar-refractivity contribution in [3.8, 4) is 5.75 Å². The average Bonchev–Trinajstić information content (AvgIpc) is 2.57. The molecule has 1 N–H and O–H groups in total. The highest BCUT2D eigenvalue weighted by Gasteiger charge is 2.12. The third-order valence-corrected chi connectivity index (χ3v) is 6.11. The van der Waals surface area contributed by atoms with Gasteiger partial charge in [-0.1, -0.05) is 32.9 Å². The van der Waals surface area contributed by atoms with Crippen LogP contribution in [0.15, 0.2) is 52.3 Å². The summed E-state index contributed by atoms with van der Waals surface area (Å²) >= 11 is 3.67. The number of carboxylic acid groups (broad SMARTS) is 1. The molecule has 0 unspecified atom stereocenters. The molecule has 26 heavy (non-hydrogen) atoms. The van der Waals surface area contributed by atoms with Gasteiger partial charge in [0.15, 0.2) is 6.61 Å². The van der Waals surface area contributed by atoms with E-state index in [1.54, 1.807) is 11.8 Å². The maximum absolute atomic E-state index is 10.6. The Kier molecular flexibility index (Phi) is 7.47. The third kappa shape index (κ3) is 6.61. The van der Waals surface area contributed by atoms with Crippen molar-refractivity contribution in [1.29, 1.82) is 0 Å². The lowest BCUT2D eigenvalue weighted by Crippen LogP contribution is -2.10. The van der Waals surface area contributed by atoms with Crippen molar-refractivity contribution in [1.82, 2.24) is 0 Å². The molecule has 0 aromatic heterocycles. The summed E-state index contributed by atoms with van der Waals surface area (Å²) in [7, 11) is 0. The number of carbonyl (C=O) groups is 1. The monoisotopic (exact) mass is 390 g/mol. The molecule has 0 radical (unpaired) electrons. The first-order valence-corrected chi connectivity index (χ1v) is 10.5. The molecule has 140 valence electrons. The molecule has 3 nitrogen and oxygen atoms in total. The van der Waals surface area contributed by atoms with Crippen LogP contribution in [-0.2, 0) is 10.2 Å². The summed E-state index contributed by atoms with van der Waals surface area (Å²) in [6, 6.07) is 14.7. The maximum Gasteiger partial charge on any atom is 0.341 e. The number of aryl methyl sites for hydroxylation is 1. The highest BCUT2D eigenvalue weighted by Crippen LogP contribution is 2.29. The highest BCUT2D eigenvalue weighted by molar-refractivity contribution is 8.03. The van der Waals surface area contributed by atoms with Gasteiger partial charge in [-0.15, -0.1) is 23.5 Å². The largest absolute Gasteiger partial charge is 0.482 e. The van der Waals surface area contributed by atoms with Crippen molar-refractivity contribution in [2.24, 2.45) is 0 Å². The van der Waals surface area contributed by atoms with E-state index in [2.05, 4.69) is 45.0 Å². The van der Waals surface area contributed by atoms with E-state index in [1.165, 1.54) is 15.4 Å². The molecule has 0 amide bonds. The lowest BCUT2D eigenvalue weighted by Gasteiger charge is -2.19. The molecular formula is C21H26O3S2. The van der Waals surface area contributed by atoms with E-state index in [0.29, 0.717) is 5.75 Å². The van der Waals surface area contributed by atoms with Crippen molar-refractivity contribution in [2.45, 2.75) is 42.9 Å². The Morgan fingerprint density at radius 2 is 1.58 bits per heavy atom. The highest BCUT2D eigenvalue weighted by atomic mass is 32.2. The van der Waals surface area contributed by atoms with Crippen molar-refractivity contribution in [3.63, 3.8) is 0 Å². The van der Waals surface area contributed by atoms with E-state index in [4.69, 9.17) is 9.84 Å². The average molecular weight is 391 g/mol. The van der Waals surface area contributed by atoms with E-state index < -0.39 is 5.97 Å². The fraction of sp³-hybridized carbons (Fsp3) is 0.381. The van der Waals surface area contributed by atoms with Gasteiger partial charge in [0, 0.05) is 21.3 Å². The van der Waals surface area contributed by atoms with Gasteiger partial charge in [-0.25, -0.2) is 4.79 Å². The lowest BCUT2D eigenvalue weighted by atomic mass is 9.87. The molecule has 2 rings (SSSR count). The van der Waals surface area contributed by atoms with Gasteiger partial charge in [-0.3, -0.25) is 0 Å². The second-order valence-corrected chi connectivity index (χ2v) is 9.42. The summed E-state index contributed by atoms with van der Waals surface area (Å²) < 4.78 is 5.26. The smallest absolute Gasteiger partial charge is 0.341 e. The molecular weight excluding hydrogens is 364 g/mol. The number of aliphatic carboxylic acids is 1. The molecule has 0 fully saturated rings. The minimum absolute atomic E-state index is 0.192. The van der Waals surface area contributed by atoms with Crippen LogP contribution in [0.1, 0.15) is 31.9 Å². The number of hydrogen-bond acceptors (Lipinski definition) is 4. The Morgan fingerprint density at radius 1 is 1.00 bits per heavy atom. The van der Waals surface area contributed by atoms with Crippen LogP contribution in [-0.4, -0.2) is 29.2 Å². The molecule has 0 heterocycles. The molecule has 0 aliphatic carbocycles. The van der Waals surface area contributed by atoms with Crippen molar-refractivity contribution in [3.05, 3.63) is 53.6 Å². The summed E-state index contributed by atoms with van der Waals surface area (Å²) in [4.78, 5) is 13.1. The predicted molar refractivity (Wildman–Crippen MR) is 111 cm³/mol. The number of rotatable bonds is 8. The van der Waals surface area contributed by atoms with Crippen LogP contribution >= 0.6 is 23.5 Å². The third-order valence-electron chi connectivity index (χ3n) is 3.84. The van der Waals surface area contributed by atoms with Crippen LogP contribution in [0.3, 0.4) is 0 Å². The first kappa shape index (κ1) is 20.7. The molecule has 0 saturated heterocycles. The lowest BCUT2D eigenvalue weighted by molar-refractivity contribution is -0.139. The van der Waals surface area contributed by atoms with Gasteiger partial charge >= 0.3 is 5.97 Å². The Balaban J connectivity index is 1.79. The SMILES string of the molecule is Cc1cc(SCCSc2ccc(C(C)(C)C)cc2)ccc1OCC(=O)O. The number of thioether (sulfide) groups is 2. The molecule has 0 saturated carbocycles. The van der Waals surface area contributed by atoms with E-state index in [1.807, 2.05) is 36.9 Å². The van der Waals surface area contributed by atoms with Crippen molar-refractivity contribution < 1.29 is 14.6 Å². The molecule has 0 spiro atoms. The minimum Gasteiger partial charge on any atom is -0.482 e. The van der Waals surface area contributed by atoms with Gasteiger partial charge in [0.25, 0.3) is 0 Å². The van der Waals surface area contributed by atoms with Crippen LogP contribution in [0.2, 0.25) is 0 Å². The standard InChI is InChI=1S/C21H26O3S2/c1-15-13-18(9-10-19(15)24-14-20(22)23)26-12-11-25-17-7-5-16(6-8-17)21(2,3)4/h5-10,13H,11-12,14H2,1-4H3,(H,22,23). The second-order valence-electron chi connectivity index (χ2n) is 7.08. The Morgan fingerprint density at radius 3 is 2.12 bits per heavy atom. The van der Waals surface area contributed by atoms with Gasteiger partial charge in [-0.05, 0) is 53.8 Å². The Bertz CT molecular complexity index is 734. The fourth-order valence-corrected chi connectivity index (χ4v) is 4.27. The Hall–Kier alpha value is -1.59. The van der Waals surface area contributed by atoms with E-state index in [-0.39, 0.29) is 12.0 Å². The summed E-state index contributed by atoms with van der Waals surface area (Å²) in [5, 5.41) is 8.68. The number of carboxylic acids is 1. The summed E-state index contributed by atoms with van der Waals surface area (Å²) in [6.45, 7) is 8.31. The van der Waals surface area contributed by atoms with Crippen LogP contribution in [0, 0.1) is 6.92 Å². The number of hydrogen-bond donors (Lipinski definition) is 1. The first-order valence-electron chi connectivity index (χ1n) is 8.57. The molecule has 2 aromatic rings. The van der Waals surface area contributed by atoms with E-state index in [9.17, 15) is 4.79 Å². The van der Waals surface area contributed by atoms with Crippen molar-refractivity contribution in [2.75, 3.05) is 18.1 Å². The summed E-state index contributed by atoms with van der Waals surface area (Å²) in [5.74, 6) is 1.72.